The molecule has 0 atom stereocenters. The number of nitro benzene ring substituents is 1. The molecule has 36 heavy (non-hydrogen) atoms. The van der Waals surface area contributed by atoms with Crippen molar-refractivity contribution < 1.29 is 9.66 Å². The number of halogens is 2. The van der Waals surface area contributed by atoms with Gasteiger partial charge in [-0.3, -0.25) is 14.9 Å². The zero-order chi connectivity index (χ0) is 26.0. The van der Waals surface area contributed by atoms with E-state index in [2.05, 4.69) is 37.0 Å². The van der Waals surface area contributed by atoms with E-state index in [1.54, 1.807) is 12.1 Å². The van der Waals surface area contributed by atoms with Crippen LogP contribution in [0.4, 0.5) is 5.69 Å². The van der Waals surface area contributed by atoms with Crippen LogP contribution in [0.3, 0.4) is 0 Å². The van der Waals surface area contributed by atoms with Gasteiger partial charge in [-0.05, 0) is 58.5 Å². The number of fused-ring (bicyclic) bond motifs is 1. The van der Waals surface area contributed by atoms with Gasteiger partial charge in [0.25, 0.3) is 5.56 Å². The summed E-state index contributed by atoms with van der Waals surface area (Å²) in [6.07, 6.45) is 6.69. The summed E-state index contributed by atoms with van der Waals surface area (Å²) in [5, 5.41) is 16.8. The van der Waals surface area contributed by atoms with E-state index in [1.807, 2.05) is 32.9 Å². The zero-order valence-corrected chi connectivity index (χ0v) is 23.6. The van der Waals surface area contributed by atoms with Crippen molar-refractivity contribution in [3.05, 3.63) is 71.1 Å². The van der Waals surface area contributed by atoms with Gasteiger partial charge in [-0.25, -0.2) is 4.98 Å². The minimum absolute atomic E-state index is 0.130. The fraction of sp³-hybridized carbons (Fsp3) is 0.423. The molecule has 0 spiro atoms. The number of hydrogen-bond acceptors (Lipinski definition) is 6. The van der Waals surface area contributed by atoms with Crippen molar-refractivity contribution in [1.29, 1.82) is 0 Å². The Hall–Kier alpha value is -2.59. The fourth-order valence-electron chi connectivity index (χ4n) is 4.27. The van der Waals surface area contributed by atoms with Crippen molar-refractivity contribution in [3.63, 3.8) is 0 Å². The third-order valence-electron chi connectivity index (χ3n) is 6.02. The molecule has 0 radical (unpaired) electrons. The summed E-state index contributed by atoms with van der Waals surface area (Å²) in [4.78, 5) is 29.7. The molecule has 1 fully saturated rings. The molecule has 190 valence electrons. The molecule has 1 aliphatic carbocycles. The van der Waals surface area contributed by atoms with Crippen LogP contribution in [0.25, 0.3) is 10.9 Å². The second kappa shape index (κ2) is 10.8. The van der Waals surface area contributed by atoms with Crippen molar-refractivity contribution in [3.8, 4) is 5.75 Å². The maximum Gasteiger partial charge on any atom is 0.312 e. The third kappa shape index (κ3) is 6.03. The van der Waals surface area contributed by atoms with Crippen LogP contribution in [0.1, 0.15) is 70.2 Å². The average molecular weight is 620 g/mol. The molecule has 0 saturated heterocycles. The molecule has 1 aliphatic rings. The van der Waals surface area contributed by atoms with Crippen molar-refractivity contribution in [2.24, 2.45) is 10.5 Å². The summed E-state index contributed by atoms with van der Waals surface area (Å²) in [5.41, 5.74) is 0.496. The molecule has 0 unspecified atom stereocenters. The van der Waals surface area contributed by atoms with Crippen molar-refractivity contribution in [2.75, 3.05) is 6.61 Å². The maximum atomic E-state index is 13.5. The summed E-state index contributed by atoms with van der Waals surface area (Å²) < 4.78 is 8.37. The lowest BCUT2D eigenvalue weighted by Gasteiger charge is -2.22. The van der Waals surface area contributed by atoms with E-state index >= 15 is 0 Å². The SMILES string of the molecule is CC(C)(C)COc1c(Br)cc(C=Nn2c(C3CCCCC3)nc3ccc(Br)cc3c2=O)cc1[N+](=O)[O-]. The van der Waals surface area contributed by atoms with Gasteiger partial charge in [0.15, 0.2) is 0 Å². The summed E-state index contributed by atoms with van der Waals surface area (Å²) in [7, 11) is 0. The second-order valence-corrected chi connectivity index (χ2v) is 12.1. The van der Waals surface area contributed by atoms with E-state index in [1.165, 1.54) is 23.4 Å². The van der Waals surface area contributed by atoms with Gasteiger partial charge in [-0.15, -0.1) is 0 Å². The van der Waals surface area contributed by atoms with E-state index < -0.39 is 4.92 Å². The smallest absolute Gasteiger partial charge is 0.312 e. The first kappa shape index (κ1) is 26.5. The van der Waals surface area contributed by atoms with Gasteiger partial charge in [-0.2, -0.15) is 9.78 Å². The number of aromatic nitrogens is 2. The van der Waals surface area contributed by atoms with Crippen molar-refractivity contribution in [2.45, 2.75) is 58.8 Å². The summed E-state index contributed by atoms with van der Waals surface area (Å²) >= 11 is 6.84. The summed E-state index contributed by atoms with van der Waals surface area (Å²) in [6, 6.07) is 8.54. The Bertz CT molecular complexity index is 1390. The third-order valence-corrected chi connectivity index (χ3v) is 7.10. The highest BCUT2D eigenvalue weighted by atomic mass is 79.9. The van der Waals surface area contributed by atoms with Crippen LogP contribution in [0, 0.1) is 15.5 Å². The van der Waals surface area contributed by atoms with Crippen LogP contribution in [0.2, 0.25) is 0 Å². The summed E-state index contributed by atoms with van der Waals surface area (Å²) in [5.74, 6) is 0.930. The lowest BCUT2D eigenvalue weighted by atomic mass is 9.88. The molecular weight excluding hydrogens is 592 g/mol. The molecule has 0 N–H and O–H groups in total. The number of ether oxygens (including phenoxy) is 1. The number of nitro groups is 1. The largest absolute Gasteiger partial charge is 0.485 e. The monoisotopic (exact) mass is 618 g/mol. The van der Waals surface area contributed by atoms with Gasteiger partial charge < -0.3 is 4.74 Å². The van der Waals surface area contributed by atoms with Crippen LogP contribution in [-0.4, -0.2) is 27.4 Å². The van der Waals surface area contributed by atoms with Gasteiger partial charge in [0.2, 0.25) is 5.75 Å². The van der Waals surface area contributed by atoms with Crippen LogP contribution < -0.4 is 10.3 Å². The van der Waals surface area contributed by atoms with Gasteiger partial charge >= 0.3 is 5.69 Å². The van der Waals surface area contributed by atoms with Gasteiger partial charge in [0, 0.05) is 22.0 Å². The first-order valence-electron chi connectivity index (χ1n) is 11.9. The predicted octanol–water partition coefficient (Wildman–Crippen LogP) is 7.18. The highest BCUT2D eigenvalue weighted by molar-refractivity contribution is 9.10. The molecule has 2 aromatic carbocycles. The van der Waals surface area contributed by atoms with E-state index in [-0.39, 0.29) is 28.3 Å². The highest BCUT2D eigenvalue weighted by Gasteiger charge is 2.24. The van der Waals surface area contributed by atoms with E-state index in [9.17, 15) is 14.9 Å². The number of rotatable bonds is 6. The molecular formula is C26H28Br2N4O4. The Morgan fingerprint density at radius 1 is 1.19 bits per heavy atom. The number of nitrogens with zero attached hydrogens (tertiary/aromatic N) is 4. The van der Waals surface area contributed by atoms with Crippen molar-refractivity contribution >= 4 is 54.7 Å². The topological polar surface area (TPSA) is 99.6 Å². The first-order chi connectivity index (χ1) is 17.0. The highest BCUT2D eigenvalue weighted by Crippen LogP contribution is 2.37. The fourth-order valence-corrected chi connectivity index (χ4v) is 5.21. The lowest BCUT2D eigenvalue weighted by molar-refractivity contribution is -0.386. The van der Waals surface area contributed by atoms with Gasteiger partial charge in [-0.1, -0.05) is 56.0 Å². The van der Waals surface area contributed by atoms with Gasteiger partial charge in [0.1, 0.15) is 5.82 Å². The molecule has 8 nitrogen and oxygen atoms in total. The minimum Gasteiger partial charge on any atom is -0.485 e. The van der Waals surface area contributed by atoms with E-state index in [0.717, 1.165) is 30.2 Å². The van der Waals surface area contributed by atoms with Crippen LogP contribution >= 0.6 is 31.9 Å². The average Bonchev–Trinajstić information content (AvgIpc) is 2.82. The molecule has 0 aliphatic heterocycles. The molecule has 10 heteroatoms. The first-order valence-corrected chi connectivity index (χ1v) is 13.5. The van der Waals surface area contributed by atoms with E-state index in [0.29, 0.717) is 33.4 Å². The summed E-state index contributed by atoms with van der Waals surface area (Å²) in [6.45, 7) is 6.29. The van der Waals surface area contributed by atoms with Crippen LogP contribution in [0.15, 0.2) is 49.2 Å². The van der Waals surface area contributed by atoms with Crippen LogP contribution in [-0.2, 0) is 0 Å². The Labute approximate surface area is 226 Å². The normalized spacial score (nSPS) is 15.0. The standard InChI is InChI=1S/C26H28Br2N4O4/c1-26(2,3)15-36-23-20(28)11-16(12-22(23)32(34)35)14-29-31-24(17-7-5-4-6-8-17)30-21-10-9-18(27)13-19(21)25(31)33/h9-14,17H,4-8,15H2,1-3H3. The molecule has 4 rings (SSSR count). The Morgan fingerprint density at radius 3 is 2.58 bits per heavy atom. The van der Waals surface area contributed by atoms with Crippen molar-refractivity contribution in [1.82, 2.24) is 9.66 Å². The van der Waals surface area contributed by atoms with Gasteiger partial charge in [0.05, 0.1) is 33.1 Å². The molecule has 3 aromatic rings. The number of hydrogen-bond donors (Lipinski definition) is 0. The Morgan fingerprint density at radius 2 is 1.92 bits per heavy atom. The zero-order valence-electron chi connectivity index (χ0n) is 20.5. The van der Waals surface area contributed by atoms with Crippen LogP contribution in [0.5, 0.6) is 5.75 Å². The molecule has 0 bridgehead atoms. The molecule has 0 amide bonds. The maximum absolute atomic E-state index is 13.5. The number of benzene rings is 2. The second-order valence-electron chi connectivity index (χ2n) is 10.3. The lowest BCUT2D eigenvalue weighted by Crippen LogP contribution is -2.25. The molecule has 1 saturated carbocycles. The quantitative estimate of drug-likeness (QED) is 0.165. The Kier molecular flexibility index (Phi) is 7.94. The Balaban J connectivity index is 1.79. The van der Waals surface area contributed by atoms with E-state index in [4.69, 9.17) is 9.72 Å². The molecule has 1 heterocycles. The predicted molar refractivity (Wildman–Crippen MR) is 148 cm³/mol. The minimum atomic E-state index is -0.477. The molecule has 1 aromatic heterocycles.